The molecule has 0 spiro atoms. The second-order valence-electron chi connectivity index (χ2n) is 5.73. The fraction of sp³-hybridized carbons (Fsp3) is 0.786. The summed E-state index contributed by atoms with van der Waals surface area (Å²) in [4.78, 5) is 22.8. The van der Waals surface area contributed by atoms with Crippen molar-refractivity contribution in [3.63, 3.8) is 0 Å². The van der Waals surface area contributed by atoms with E-state index in [-0.39, 0.29) is 6.42 Å². The predicted molar refractivity (Wildman–Crippen MR) is 70.3 cm³/mol. The normalized spacial score (nSPS) is 15.8. The second-order valence-corrected chi connectivity index (χ2v) is 5.73. The quantitative estimate of drug-likeness (QED) is 0.706. The van der Waals surface area contributed by atoms with Crippen molar-refractivity contribution in [3.8, 4) is 6.07 Å². The molecule has 0 aromatic carbocycles. The Morgan fingerprint density at radius 1 is 1.21 bits per heavy atom. The molecular weight excluding hydrogens is 246 g/mol. The van der Waals surface area contributed by atoms with Gasteiger partial charge in [0, 0.05) is 0 Å². The summed E-state index contributed by atoms with van der Waals surface area (Å²) in [5, 5.41) is 27.9. The van der Waals surface area contributed by atoms with E-state index in [9.17, 15) is 25.1 Å². The Balaban J connectivity index is 5.33. The van der Waals surface area contributed by atoms with Crippen LogP contribution < -0.4 is 0 Å². The van der Waals surface area contributed by atoms with Crippen LogP contribution >= 0.6 is 0 Å². The molecule has 19 heavy (non-hydrogen) atoms. The zero-order valence-electron chi connectivity index (χ0n) is 12.0. The number of hydrogen-bond donors (Lipinski definition) is 2. The van der Waals surface area contributed by atoms with Gasteiger partial charge in [-0.15, -0.1) is 0 Å². The summed E-state index contributed by atoms with van der Waals surface area (Å²) in [6.07, 6.45) is 1.39. The summed E-state index contributed by atoms with van der Waals surface area (Å²) in [6, 6.07) is 1.77. The Bertz CT molecular complexity index is 370. The molecule has 0 rings (SSSR count). The van der Waals surface area contributed by atoms with E-state index in [0.29, 0.717) is 12.3 Å². The Kier molecular flexibility index (Phi) is 6.54. The van der Waals surface area contributed by atoms with Gasteiger partial charge in [-0.3, -0.25) is 9.59 Å². The first-order valence-electron chi connectivity index (χ1n) is 6.56. The van der Waals surface area contributed by atoms with Gasteiger partial charge in [0.15, 0.2) is 5.41 Å². The Labute approximate surface area is 114 Å². The van der Waals surface area contributed by atoms with E-state index in [4.69, 9.17) is 0 Å². The molecule has 2 N–H and O–H groups in total. The van der Waals surface area contributed by atoms with Gasteiger partial charge in [-0.2, -0.15) is 5.26 Å². The molecule has 0 aliphatic heterocycles. The van der Waals surface area contributed by atoms with Gasteiger partial charge in [0.25, 0.3) is 0 Å². The molecule has 5 nitrogen and oxygen atoms in total. The van der Waals surface area contributed by atoms with Crippen molar-refractivity contribution in [2.24, 2.45) is 23.2 Å². The summed E-state index contributed by atoms with van der Waals surface area (Å²) in [5.41, 5.74) is -1.84. The number of aliphatic carboxylic acids is 2. The first-order chi connectivity index (χ1) is 8.69. The first kappa shape index (κ1) is 17.4. The molecule has 0 saturated carbocycles. The Hall–Kier alpha value is -1.57. The summed E-state index contributed by atoms with van der Waals surface area (Å²) in [7, 11) is 0. The molecule has 5 heteroatoms. The predicted octanol–water partition coefficient (Wildman–Crippen LogP) is 2.76. The van der Waals surface area contributed by atoms with Crippen LogP contribution in [-0.2, 0) is 9.59 Å². The fourth-order valence-electron chi connectivity index (χ4n) is 2.42. The lowest BCUT2D eigenvalue weighted by Crippen LogP contribution is -2.44. The smallest absolute Gasteiger partial charge is 0.324 e. The number of nitriles is 1. The molecule has 2 atom stereocenters. The maximum absolute atomic E-state index is 11.5. The van der Waals surface area contributed by atoms with E-state index >= 15 is 0 Å². The largest absolute Gasteiger partial charge is 0.481 e. The van der Waals surface area contributed by atoms with E-state index in [0.717, 1.165) is 6.42 Å². The average Bonchev–Trinajstić information content (AvgIpc) is 2.25. The molecule has 108 valence electrons. The fourth-order valence-corrected chi connectivity index (χ4v) is 2.42. The second kappa shape index (κ2) is 7.13. The minimum atomic E-state index is -1.84. The third-order valence-electron chi connectivity index (χ3n) is 3.40. The number of carboxylic acid groups (broad SMARTS) is 2. The van der Waals surface area contributed by atoms with Crippen LogP contribution in [0.25, 0.3) is 0 Å². The molecule has 0 bridgehead atoms. The molecule has 0 saturated heterocycles. The van der Waals surface area contributed by atoms with E-state index in [2.05, 4.69) is 0 Å². The van der Waals surface area contributed by atoms with Crippen molar-refractivity contribution in [3.05, 3.63) is 0 Å². The molecule has 2 unspecified atom stereocenters. The van der Waals surface area contributed by atoms with Crippen LogP contribution in [0.15, 0.2) is 0 Å². The minimum Gasteiger partial charge on any atom is -0.481 e. The van der Waals surface area contributed by atoms with Gasteiger partial charge >= 0.3 is 11.9 Å². The van der Waals surface area contributed by atoms with Crippen LogP contribution in [0.1, 0.15) is 47.0 Å². The van der Waals surface area contributed by atoms with Crippen molar-refractivity contribution in [1.82, 2.24) is 0 Å². The van der Waals surface area contributed by atoms with Gasteiger partial charge in [0.2, 0.25) is 0 Å². The molecule has 0 aromatic heterocycles. The van der Waals surface area contributed by atoms with Gasteiger partial charge in [-0.05, 0) is 18.3 Å². The molecule has 0 aliphatic rings. The highest BCUT2D eigenvalue weighted by atomic mass is 16.4. The summed E-state index contributed by atoms with van der Waals surface area (Å²) in [6.45, 7) is 7.28. The van der Waals surface area contributed by atoms with Crippen LogP contribution in [0.2, 0.25) is 0 Å². The Morgan fingerprint density at radius 2 is 1.74 bits per heavy atom. The Morgan fingerprint density at radius 3 is 2.00 bits per heavy atom. The van der Waals surface area contributed by atoms with Crippen LogP contribution in [0.3, 0.4) is 0 Å². The van der Waals surface area contributed by atoms with Gasteiger partial charge in [-0.1, -0.05) is 40.5 Å². The average molecular weight is 269 g/mol. The van der Waals surface area contributed by atoms with E-state index in [1.165, 1.54) is 0 Å². The van der Waals surface area contributed by atoms with Crippen LogP contribution in [0.4, 0.5) is 0 Å². The zero-order chi connectivity index (χ0) is 15.2. The SMILES string of the molecule is CC(C)CCCC(C#N)(C(=O)O)C(C(=O)O)C(C)C. The number of hydrogen-bond acceptors (Lipinski definition) is 3. The van der Waals surface area contributed by atoms with E-state index in [1.54, 1.807) is 19.9 Å². The summed E-state index contributed by atoms with van der Waals surface area (Å²) >= 11 is 0. The van der Waals surface area contributed by atoms with Crippen molar-refractivity contribution >= 4 is 11.9 Å². The topological polar surface area (TPSA) is 98.4 Å². The molecule has 0 radical (unpaired) electrons. The molecule has 0 aromatic rings. The van der Waals surface area contributed by atoms with Gasteiger partial charge in [0.05, 0.1) is 12.0 Å². The lowest BCUT2D eigenvalue weighted by atomic mass is 9.68. The number of carboxylic acids is 2. The summed E-state index contributed by atoms with van der Waals surface area (Å²) in [5.74, 6) is -3.76. The van der Waals surface area contributed by atoms with Gasteiger partial charge in [-0.25, -0.2) is 0 Å². The molecule has 0 aliphatic carbocycles. The molecule has 0 heterocycles. The molecule has 0 amide bonds. The van der Waals surface area contributed by atoms with Crippen molar-refractivity contribution in [2.75, 3.05) is 0 Å². The van der Waals surface area contributed by atoms with E-state index < -0.39 is 29.2 Å². The zero-order valence-corrected chi connectivity index (χ0v) is 12.0. The lowest BCUT2D eigenvalue weighted by Gasteiger charge is -2.31. The van der Waals surface area contributed by atoms with Crippen LogP contribution in [0.5, 0.6) is 0 Å². The third kappa shape index (κ3) is 4.23. The van der Waals surface area contributed by atoms with Crippen molar-refractivity contribution in [2.45, 2.75) is 47.0 Å². The lowest BCUT2D eigenvalue weighted by molar-refractivity contribution is -0.161. The third-order valence-corrected chi connectivity index (χ3v) is 3.40. The molecular formula is C14H23NO4. The van der Waals surface area contributed by atoms with Gasteiger partial charge < -0.3 is 10.2 Å². The summed E-state index contributed by atoms with van der Waals surface area (Å²) < 4.78 is 0. The molecule has 0 fully saturated rings. The monoisotopic (exact) mass is 269 g/mol. The maximum Gasteiger partial charge on any atom is 0.324 e. The van der Waals surface area contributed by atoms with Crippen LogP contribution in [0, 0.1) is 34.5 Å². The highest BCUT2D eigenvalue weighted by Gasteiger charge is 2.51. The standard InChI is InChI=1S/C14H23NO4/c1-9(2)6-5-7-14(8-15,13(18)19)11(10(3)4)12(16)17/h9-11H,5-7H2,1-4H3,(H,16,17)(H,18,19). The van der Waals surface area contributed by atoms with Crippen molar-refractivity contribution in [1.29, 1.82) is 5.26 Å². The number of nitrogens with zero attached hydrogens (tertiary/aromatic N) is 1. The number of carbonyl (C=O) groups is 2. The number of rotatable bonds is 8. The minimum absolute atomic E-state index is 0.0756. The maximum atomic E-state index is 11.5. The highest BCUT2D eigenvalue weighted by molar-refractivity contribution is 5.86. The highest BCUT2D eigenvalue weighted by Crippen LogP contribution is 2.38. The van der Waals surface area contributed by atoms with Crippen LogP contribution in [-0.4, -0.2) is 22.2 Å². The first-order valence-corrected chi connectivity index (χ1v) is 6.56. The van der Waals surface area contributed by atoms with E-state index in [1.807, 2.05) is 13.8 Å². The van der Waals surface area contributed by atoms with Gasteiger partial charge in [0.1, 0.15) is 0 Å². The van der Waals surface area contributed by atoms with Crippen molar-refractivity contribution < 1.29 is 19.8 Å².